The lowest BCUT2D eigenvalue weighted by atomic mass is 10.2. The molecule has 1 N–H and O–H groups in total. The summed E-state index contributed by atoms with van der Waals surface area (Å²) in [7, 11) is 0. The maximum atomic E-state index is 12.4. The summed E-state index contributed by atoms with van der Waals surface area (Å²) in [6.07, 6.45) is -0.624. The number of rotatable bonds is 6. The van der Waals surface area contributed by atoms with Crippen LogP contribution in [0.2, 0.25) is 0 Å². The minimum Gasteiger partial charge on any atom is -0.299 e. The van der Waals surface area contributed by atoms with Crippen LogP contribution >= 0.6 is 11.8 Å². The molecule has 1 saturated carbocycles. The van der Waals surface area contributed by atoms with Crippen molar-refractivity contribution in [3.63, 3.8) is 0 Å². The van der Waals surface area contributed by atoms with Gasteiger partial charge in [0.25, 0.3) is 0 Å². The Morgan fingerprint density at radius 2 is 2.20 bits per heavy atom. The minimum atomic E-state index is -4.35. The van der Waals surface area contributed by atoms with Crippen molar-refractivity contribution in [1.29, 1.82) is 5.26 Å². The molecule has 1 unspecified atom stereocenters. The molecule has 0 saturated heterocycles. The molecule has 1 aromatic heterocycles. The Labute approximate surface area is 119 Å². The quantitative estimate of drug-likeness (QED) is 0.820. The normalized spacial score (nSPS) is 16.7. The van der Waals surface area contributed by atoms with Gasteiger partial charge in [-0.2, -0.15) is 18.4 Å². The van der Waals surface area contributed by atoms with E-state index in [2.05, 4.69) is 16.4 Å². The molecule has 0 radical (unpaired) electrons. The van der Waals surface area contributed by atoms with Gasteiger partial charge in [0.15, 0.2) is 0 Å². The molecule has 1 fully saturated rings. The van der Waals surface area contributed by atoms with Gasteiger partial charge < -0.3 is 0 Å². The number of pyridine rings is 1. The topological polar surface area (TPSA) is 48.7 Å². The average molecular weight is 301 g/mol. The molecule has 1 aromatic rings. The second kappa shape index (κ2) is 6.46. The van der Waals surface area contributed by atoms with Crippen LogP contribution in [-0.2, 0) is 6.18 Å². The van der Waals surface area contributed by atoms with Crippen molar-refractivity contribution in [2.45, 2.75) is 42.5 Å². The second-order valence-electron chi connectivity index (χ2n) is 4.64. The standard InChI is InChI=1S/C13H14F3N3S/c14-13(15,16)9-1-4-12(18-8-9)20-6-5-11(7-17)19-10-2-3-10/h1,4,8,10-11,19H,2-3,5-6H2. The van der Waals surface area contributed by atoms with Crippen LogP contribution in [0.4, 0.5) is 13.2 Å². The van der Waals surface area contributed by atoms with Crippen molar-refractivity contribution in [2.75, 3.05) is 5.75 Å². The largest absolute Gasteiger partial charge is 0.417 e. The van der Waals surface area contributed by atoms with Gasteiger partial charge in [-0.1, -0.05) is 0 Å². The van der Waals surface area contributed by atoms with E-state index in [1.807, 2.05) is 0 Å². The SMILES string of the molecule is N#CC(CCSc1ccc(C(F)(F)F)cn1)NC1CC1. The van der Waals surface area contributed by atoms with E-state index in [9.17, 15) is 13.2 Å². The van der Waals surface area contributed by atoms with Crippen LogP contribution in [0.5, 0.6) is 0 Å². The van der Waals surface area contributed by atoms with Crippen LogP contribution in [0.1, 0.15) is 24.8 Å². The van der Waals surface area contributed by atoms with Crippen molar-refractivity contribution in [3.8, 4) is 6.07 Å². The highest BCUT2D eigenvalue weighted by molar-refractivity contribution is 7.99. The zero-order chi connectivity index (χ0) is 14.6. The van der Waals surface area contributed by atoms with Gasteiger partial charge in [0.2, 0.25) is 0 Å². The lowest BCUT2D eigenvalue weighted by Gasteiger charge is -2.10. The van der Waals surface area contributed by atoms with Crippen molar-refractivity contribution in [2.24, 2.45) is 0 Å². The molecule has 1 aliphatic rings. The monoisotopic (exact) mass is 301 g/mol. The van der Waals surface area contributed by atoms with Crippen LogP contribution in [-0.4, -0.2) is 22.8 Å². The van der Waals surface area contributed by atoms with Gasteiger partial charge in [0.05, 0.1) is 22.7 Å². The van der Waals surface area contributed by atoms with Crippen LogP contribution in [0.15, 0.2) is 23.4 Å². The molecule has 3 nitrogen and oxygen atoms in total. The first-order chi connectivity index (χ1) is 9.49. The smallest absolute Gasteiger partial charge is 0.299 e. The number of halogens is 3. The summed E-state index contributed by atoms with van der Waals surface area (Å²) >= 11 is 1.36. The number of nitrogens with one attached hydrogen (secondary N) is 1. The van der Waals surface area contributed by atoms with Crippen molar-refractivity contribution >= 4 is 11.8 Å². The molecule has 0 bridgehead atoms. The van der Waals surface area contributed by atoms with Crippen molar-refractivity contribution in [1.82, 2.24) is 10.3 Å². The third-order valence-electron chi connectivity index (χ3n) is 2.89. The van der Waals surface area contributed by atoms with Gasteiger partial charge in [0.1, 0.15) is 0 Å². The molecule has 7 heteroatoms. The van der Waals surface area contributed by atoms with E-state index < -0.39 is 11.7 Å². The molecule has 0 aliphatic heterocycles. The highest BCUT2D eigenvalue weighted by atomic mass is 32.2. The van der Waals surface area contributed by atoms with Gasteiger partial charge in [-0.05, 0) is 31.4 Å². The molecular weight excluding hydrogens is 287 g/mol. The number of hydrogen-bond acceptors (Lipinski definition) is 4. The molecule has 20 heavy (non-hydrogen) atoms. The summed E-state index contributed by atoms with van der Waals surface area (Å²) in [6.45, 7) is 0. The Balaban J connectivity index is 1.77. The molecule has 108 valence electrons. The van der Waals surface area contributed by atoms with Crippen molar-refractivity contribution in [3.05, 3.63) is 23.9 Å². The van der Waals surface area contributed by atoms with E-state index in [-0.39, 0.29) is 6.04 Å². The molecule has 0 amide bonds. The summed E-state index contributed by atoms with van der Waals surface area (Å²) < 4.78 is 37.1. The Morgan fingerprint density at radius 3 is 2.70 bits per heavy atom. The predicted molar refractivity (Wildman–Crippen MR) is 70.1 cm³/mol. The molecular formula is C13H14F3N3S. The lowest BCUT2D eigenvalue weighted by Crippen LogP contribution is -2.29. The van der Waals surface area contributed by atoms with E-state index in [0.717, 1.165) is 25.1 Å². The molecule has 2 rings (SSSR count). The van der Waals surface area contributed by atoms with Gasteiger partial charge in [0, 0.05) is 18.0 Å². The van der Waals surface area contributed by atoms with E-state index in [1.54, 1.807) is 0 Å². The first-order valence-corrected chi connectivity index (χ1v) is 7.29. The van der Waals surface area contributed by atoms with E-state index in [0.29, 0.717) is 23.2 Å². The molecule has 0 spiro atoms. The van der Waals surface area contributed by atoms with E-state index in [1.165, 1.54) is 17.8 Å². The highest BCUT2D eigenvalue weighted by Gasteiger charge is 2.30. The Kier molecular flexibility index (Phi) is 4.89. The predicted octanol–water partition coefficient (Wildman–Crippen LogP) is 3.23. The molecule has 1 atom stereocenters. The fourth-order valence-corrected chi connectivity index (χ4v) is 2.49. The number of aromatic nitrogens is 1. The third-order valence-corrected chi connectivity index (χ3v) is 3.87. The number of alkyl halides is 3. The Morgan fingerprint density at radius 1 is 1.45 bits per heavy atom. The average Bonchev–Trinajstić information content (AvgIpc) is 3.21. The summed E-state index contributed by atoms with van der Waals surface area (Å²) in [5, 5.41) is 12.7. The van der Waals surface area contributed by atoms with Gasteiger partial charge in [-0.3, -0.25) is 5.32 Å². The highest BCUT2D eigenvalue weighted by Crippen LogP contribution is 2.29. The van der Waals surface area contributed by atoms with Gasteiger partial charge in [-0.25, -0.2) is 4.98 Å². The number of thioether (sulfide) groups is 1. The lowest BCUT2D eigenvalue weighted by molar-refractivity contribution is -0.137. The Hall–Kier alpha value is -1.26. The maximum absolute atomic E-state index is 12.4. The van der Waals surface area contributed by atoms with Gasteiger partial charge >= 0.3 is 6.18 Å². The fourth-order valence-electron chi connectivity index (χ4n) is 1.63. The third kappa shape index (κ3) is 4.69. The summed E-state index contributed by atoms with van der Waals surface area (Å²) in [6, 6.07) is 4.86. The number of nitrogens with zero attached hydrogens (tertiary/aromatic N) is 2. The minimum absolute atomic E-state index is 0.190. The van der Waals surface area contributed by atoms with E-state index >= 15 is 0 Å². The fraction of sp³-hybridized carbons (Fsp3) is 0.538. The van der Waals surface area contributed by atoms with Gasteiger partial charge in [-0.15, -0.1) is 11.8 Å². The maximum Gasteiger partial charge on any atom is 0.417 e. The molecule has 1 aliphatic carbocycles. The molecule has 0 aromatic carbocycles. The van der Waals surface area contributed by atoms with Crippen LogP contribution in [0.25, 0.3) is 0 Å². The number of nitriles is 1. The van der Waals surface area contributed by atoms with Crippen LogP contribution < -0.4 is 5.32 Å². The second-order valence-corrected chi connectivity index (χ2v) is 5.76. The van der Waals surface area contributed by atoms with Crippen LogP contribution in [0, 0.1) is 11.3 Å². The number of hydrogen-bond donors (Lipinski definition) is 1. The zero-order valence-corrected chi connectivity index (χ0v) is 11.5. The van der Waals surface area contributed by atoms with Crippen molar-refractivity contribution < 1.29 is 13.2 Å². The molecule has 1 heterocycles. The zero-order valence-electron chi connectivity index (χ0n) is 10.7. The summed E-state index contributed by atoms with van der Waals surface area (Å²) in [5.74, 6) is 0.649. The summed E-state index contributed by atoms with van der Waals surface area (Å²) in [4.78, 5) is 3.78. The van der Waals surface area contributed by atoms with Crippen LogP contribution in [0.3, 0.4) is 0 Å². The summed E-state index contributed by atoms with van der Waals surface area (Å²) in [5.41, 5.74) is -0.743. The Bertz CT molecular complexity index is 477. The first-order valence-electron chi connectivity index (χ1n) is 6.31. The van der Waals surface area contributed by atoms with E-state index in [4.69, 9.17) is 5.26 Å². The first kappa shape index (κ1) is 15.1.